The van der Waals surface area contributed by atoms with Gasteiger partial charge in [-0.3, -0.25) is 14.2 Å². The molecule has 2 N–H and O–H groups in total. The zero-order chi connectivity index (χ0) is 19.2. The number of para-hydroxylation sites is 1. The lowest BCUT2D eigenvalue weighted by atomic mass is 10.2. The van der Waals surface area contributed by atoms with Gasteiger partial charge in [-0.2, -0.15) is 0 Å². The van der Waals surface area contributed by atoms with E-state index in [1.165, 1.54) is 10.8 Å². The van der Waals surface area contributed by atoms with Crippen LogP contribution in [0.2, 0.25) is 5.15 Å². The van der Waals surface area contributed by atoms with Crippen LogP contribution in [-0.4, -0.2) is 37.9 Å². The van der Waals surface area contributed by atoms with Crippen molar-refractivity contribution in [2.75, 3.05) is 17.7 Å². The molecule has 1 aromatic carbocycles. The van der Waals surface area contributed by atoms with E-state index in [0.29, 0.717) is 34.7 Å². The van der Waals surface area contributed by atoms with Crippen LogP contribution in [0.1, 0.15) is 6.42 Å². The van der Waals surface area contributed by atoms with E-state index in [-0.39, 0.29) is 29.0 Å². The van der Waals surface area contributed by atoms with E-state index in [4.69, 9.17) is 16.7 Å². The first-order valence-electron chi connectivity index (χ1n) is 8.23. The van der Waals surface area contributed by atoms with Gasteiger partial charge in [-0.1, -0.05) is 35.5 Å². The molecule has 0 saturated heterocycles. The Labute approximate surface area is 164 Å². The zero-order valence-electron chi connectivity index (χ0n) is 14.3. The molecule has 0 aliphatic heterocycles. The number of thioether (sulfide) groups is 1. The summed E-state index contributed by atoms with van der Waals surface area (Å²) in [6.45, 7) is 0.287. The van der Waals surface area contributed by atoms with Crippen LogP contribution in [0.5, 0.6) is 0 Å². The second-order valence-electron chi connectivity index (χ2n) is 5.62. The quantitative estimate of drug-likeness (QED) is 0.357. The van der Waals surface area contributed by atoms with E-state index in [9.17, 15) is 9.59 Å². The van der Waals surface area contributed by atoms with Gasteiger partial charge in [-0.05, 0) is 30.7 Å². The fourth-order valence-corrected chi connectivity index (χ4v) is 3.47. The minimum atomic E-state index is -0.286. The Hall–Kier alpha value is -2.42. The Morgan fingerprint density at radius 2 is 2.07 bits per heavy atom. The fraction of sp³-hybridized carbons (Fsp3) is 0.222. The maximum absolute atomic E-state index is 12.7. The number of fused-ring (bicyclic) bond motifs is 1. The largest absolute Gasteiger partial charge is 0.396 e. The monoisotopic (exact) mass is 404 g/mol. The number of pyridine rings is 1. The van der Waals surface area contributed by atoms with Gasteiger partial charge in [0.15, 0.2) is 10.3 Å². The van der Waals surface area contributed by atoms with Crippen molar-refractivity contribution in [3.63, 3.8) is 0 Å². The lowest BCUT2D eigenvalue weighted by molar-refractivity contribution is -0.113. The number of aliphatic hydroxyl groups is 1. The van der Waals surface area contributed by atoms with Crippen LogP contribution in [-0.2, 0) is 11.3 Å². The smallest absolute Gasteiger partial charge is 0.262 e. The average molecular weight is 405 g/mol. The molecule has 7 nitrogen and oxygen atoms in total. The second kappa shape index (κ2) is 8.98. The number of anilines is 1. The van der Waals surface area contributed by atoms with Gasteiger partial charge in [-0.25, -0.2) is 9.97 Å². The van der Waals surface area contributed by atoms with Crippen LogP contribution in [0.25, 0.3) is 10.9 Å². The summed E-state index contributed by atoms with van der Waals surface area (Å²) in [7, 11) is 0. The van der Waals surface area contributed by atoms with Crippen LogP contribution in [0.15, 0.2) is 52.5 Å². The molecule has 0 aliphatic carbocycles. The number of carbonyl (C=O) groups excluding carboxylic acids is 1. The number of hydrogen-bond donors (Lipinski definition) is 2. The molecule has 0 aliphatic rings. The molecular weight excluding hydrogens is 388 g/mol. The first kappa shape index (κ1) is 19.3. The van der Waals surface area contributed by atoms with E-state index < -0.39 is 0 Å². The number of benzene rings is 1. The van der Waals surface area contributed by atoms with Gasteiger partial charge in [0.25, 0.3) is 5.56 Å². The van der Waals surface area contributed by atoms with Crippen LogP contribution < -0.4 is 10.9 Å². The Morgan fingerprint density at radius 3 is 2.85 bits per heavy atom. The summed E-state index contributed by atoms with van der Waals surface area (Å²) in [5.74, 6) is -0.235. The van der Waals surface area contributed by atoms with Crippen LogP contribution in [0.3, 0.4) is 0 Å². The Bertz CT molecular complexity index is 1020. The van der Waals surface area contributed by atoms with E-state index in [0.717, 1.165) is 11.8 Å². The summed E-state index contributed by atoms with van der Waals surface area (Å²) in [4.78, 5) is 33.4. The van der Waals surface area contributed by atoms with Gasteiger partial charge < -0.3 is 10.4 Å². The summed E-state index contributed by atoms with van der Waals surface area (Å²) < 4.78 is 1.49. The molecule has 3 aromatic rings. The van der Waals surface area contributed by atoms with Gasteiger partial charge >= 0.3 is 0 Å². The highest BCUT2D eigenvalue weighted by atomic mass is 35.5. The number of amides is 1. The Balaban J connectivity index is 1.81. The summed E-state index contributed by atoms with van der Waals surface area (Å²) in [5, 5.41) is 12.9. The highest BCUT2D eigenvalue weighted by Crippen LogP contribution is 2.20. The summed E-state index contributed by atoms with van der Waals surface area (Å²) in [6, 6.07) is 10.4. The lowest BCUT2D eigenvalue weighted by Crippen LogP contribution is -2.24. The van der Waals surface area contributed by atoms with Crippen molar-refractivity contribution in [3.8, 4) is 0 Å². The minimum absolute atomic E-state index is 0.0383. The van der Waals surface area contributed by atoms with Crippen molar-refractivity contribution in [2.24, 2.45) is 0 Å². The van der Waals surface area contributed by atoms with Crippen molar-refractivity contribution in [1.29, 1.82) is 0 Å². The van der Waals surface area contributed by atoms with Gasteiger partial charge in [0.2, 0.25) is 5.91 Å². The molecule has 0 bridgehead atoms. The molecule has 0 fully saturated rings. The molecule has 0 spiro atoms. The van der Waals surface area contributed by atoms with Crippen LogP contribution >= 0.6 is 23.4 Å². The van der Waals surface area contributed by atoms with E-state index >= 15 is 0 Å². The molecular formula is C18H17ClN4O3S. The molecule has 0 saturated carbocycles. The summed E-state index contributed by atoms with van der Waals surface area (Å²) in [6.07, 6.45) is 1.95. The Morgan fingerprint density at radius 1 is 1.26 bits per heavy atom. The van der Waals surface area contributed by atoms with Gasteiger partial charge in [0, 0.05) is 19.3 Å². The maximum Gasteiger partial charge on any atom is 0.262 e. The third-order valence-electron chi connectivity index (χ3n) is 3.73. The number of nitrogens with one attached hydrogen (secondary N) is 1. The molecule has 0 unspecified atom stereocenters. The van der Waals surface area contributed by atoms with Crippen molar-refractivity contribution in [2.45, 2.75) is 18.1 Å². The van der Waals surface area contributed by atoms with Gasteiger partial charge in [0.05, 0.1) is 22.3 Å². The van der Waals surface area contributed by atoms with E-state index in [2.05, 4.69) is 15.3 Å². The fourth-order valence-electron chi connectivity index (χ4n) is 2.48. The standard InChI is InChI=1S/C18H17ClN4O3S/c19-16-14(7-3-8-20-16)21-15(25)11-27-18-22-13-6-2-1-5-12(13)17(26)23(18)9-4-10-24/h1-3,5-8,24H,4,9-11H2,(H,21,25). The Kier molecular flexibility index (Phi) is 6.44. The number of rotatable bonds is 7. The number of aromatic nitrogens is 3. The van der Waals surface area contributed by atoms with E-state index in [1.807, 2.05) is 0 Å². The predicted molar refractivity (Wildman–Crippen MR) is 106 cm³/mol. The summed E-state index contributed by atoms with van der Waals surface area (Å²) >= 11 is 7.09. The molecule has 0 atom stereocenters. The number of nitrogens with zero attached hydrogens (tertiary/aromatic N) is 3. The number of halogens is 1. The molecule has 27 heavy (non-hydrogen) atoms. The van der Waals surface area contributed by atoms with Crippen LogP contribution in [0.4, 0.5) is 5.69 Å². The average Bonchev–Trinajstić information content (AvgIpc) is 2.68. The normalized spacial score (nSPS) is 10.9. The molecule has 2 aromatic heterocycles. The zero-order valence-corrected chi connectivity index (χ0v) is 15.8. The predicted octanol–water partition coefficient (Wildman–Crippen LogP) is 2.56. The highest BCUT2D eigenvalue weighted by molar-refractivity contribution is 7.99. The molecule has 3 rings (SSSR count). The molecule has 1 amide bonds. The molecule has 2 heterocycles. The van der Waals surface area contributed by atoms with Crippen molar-refractivity contribution in [1.82, 2.24) is 14.5 Å². The van der Waals surface area contributed by atoms with Crippen molar-refractivity contribution in [3.05, 3.63) is 58.1 Å². The van der Waals surface area contributed by atoms with Crippen molar-refractivity contribution >= 4 is 45.9 Å². The molecule has 9 heteroatoms. The maximum atomic E-state index is 12.7. The van der Waals surface area contributed by atoms with Crippen LogP contribution in [0, 0.1) is 0 Å². The minimum Gasteiger partial charge on any atom is -0.396 e. The first-order chi connectivity index (χ1) is 13.1. The van der Waals surface area contributed by atoms with Gasteiger partial charge in [-0.15, -0.1) is 0 Å². The molecule has 0 radical (unpaired) electrons. The topological polar surface area (TPSA) is 97.1 Å². The van der Waals surface area contributed by atoms with Crippen molar-refractivity contribution < 1.29 is 9.90 Å². The lowest BCUT2D eigenvalue weighted by Gasteiger charge is -2.12. The summed E-state index contributed by atoms with van der Waals surface area (Å²) in [5.41, 5.74) is 0.808. The number of carbonyl (C=O) groups is 1. The second-order valence-corrected chi connectivity index (χ2v) is 6.92. The SMILES string of the molecule is O=C(CSc1nc2ccccc2c(=O)n1CCCO)Nc1cccnc1Cl. The van der Waals surface area contributed by atoms with Gasteiger partial charge in [0.1, 0.15) is 0 Å². The third kappa shape index (κ3) is 4.65. The first-order valence-corrected chi connectivity index (χ1v) is 9.60. The number of aliphatic hydroxyl groups excluding tert-OH is 1. The third-order valence-corrected chi connectivity index (χ3v) is 5.01. The number of hydrogen-bond acceptors (Lipinski definition) is 6. The highest BCUT2D eigenvalue weighted by Gasteiger charge is 2.14. The van der Waals surface area contributed by atoms with E-state index in [1.54, 1.807) is 36.4 Å². The molecule has 140 valence electrons.